The monoisotopic (exact) mass is 345 g/mol. The van der Waals surface area contributed by atoms with Crippen molar-refractivity contribution in [3.8, 4) is 17.0 Å². The SMILES string of the molecule is COC(=O)c1ccc2c(F)cnc(-c3c(Cl)cccc3OC)c2c1. The van der Waals surface area contributed by atoms with Crippen LogP contribution in [0.15, 0.2) is 42.6 Å². The van der Waals surface area contributed by atoms with E-state index in [0.717, 1.165) is 6.20 Å². The summed E-state index contributed by atoms with van der Waals surface area (Å²) in [6.45, 7) is 0. The highest BCUT2D eigenvalue weighted by molar-refractivity contribution is 6.34. The average Bonchev–Trinajstić information content (AvgIpc) is 2.61. The van der Waals surface area contributed by atoms with Gasteiger partial charge in [0.2, 0.25) is 0 Å². The molecule has 0 spiro atoms. The number of carbonyl (C=O) groups excluding carboxylic acids is 1. The van der Waals surface area contributed by atoms with E-state index >= 15 is 0 Å². The molecule has 2 aromatic carbocycles. The molecule has 0 unspecified atom stereocenters. The first-order chi connectivity index (χ1) is 11.6. The molecule has 0 fully saturated rings. The Hall–Kier alpha value is -2.66. The third-order valence-electron chi connectivity index (χ3n) is 3.69. The molecule has 0 aliphatic carbocycles. The molecule has 1 aromatic heterocycles. The van der Waals surface area contributed by atoms with Crippen molar-refractivity contribution >= 4 is 28.3 Å². The molecule has 1 heterocycles. The van der Waals surface area contributed by atoms with Crippen molar-refractivity contribution < 1.29 is 18.7 Å². The molecule has 3 rings (SSSR count). The predicted octanol–water partition coefficient (Wildman–Crippen LogP) is 4.49. The average molecular weight is 346 g/mol. The minimum absolute atomic E-state index is 0.296. The molecule has 0 saturated carbocycles. The fraction of sp³-hybridized carbons (Fsp3) is 0.111. The van der Waals surface area contributed by atoms with Crippen LogP contribution in [0.3, 0.4) is 0 Å². The van der Waals surface area contributed by atoms with Crippen LogP contribution in [0.2, 0.25) is 5.02 Å². The fourth-order valence-electron chi connectivity index (χ4n) is 2.56. The van der Waals surface area contributed by atoms with Crippen LogP contribution in [-0.2, 0) is 4.74 Å². The number of halogens is 2. The number of carbonyl (C=O) groups is 1. The Morgan fingerprint density at radius 1 is 1.17 bits per heavy atom. The van der Waals surface area contributed by atoms with Crippen LogP contribution in [0.1, 0.15) is 10.4 Å². The lowest BCUT2D eigenvalue weighted by Gasteiger charge is -2.13. The summed E-state index contributed by atoms with van der Waals surface area (Å²) in [5, 5.41) is 1.19. The second kappa shape index (κ2) is 6.45. The van der Waals surface area contributed by atoms with Crippen molar-refractivity contribution in [1.82, 2.24) is 4.98 Å². The highest BCUT2D eigenvalue weighted by Crippen LogP contribution is 2.39. The normalized spacial score (nSPS) is 10.7. The first-order valence-corrected chi connectivity index (χ1v) is 7.44. The zero-order valence-corrected chi connectivity index (χ0v) is 13.7. The molecule has 0 N–H and O–H groups in total. The Labute approximate surface area is 142 Å². The van der Waals surface area contributed by atoms with Gasteiger partial charge in [-0.25, -0.2) is 9.18 Å². The van der Waals surface area contributed by atoms with Gasteiger partial charge in [0.05, 0.1) is 42.3 Å². The van der Waals surface area contributed by atoms with Crippen molar-refractivity contribution in [3.63, 3.8) is 0 Å². The van der Waals surface area contributed by atoms with Crippen molar-refractivity contribution in [2.75, 3.05) is 14.2 Å². The van der Waals surface area contributed by atoms with Gasteiger partial charge in [0.25, 0.3) is 0 Å². The van der Waals surface area contributed by atoms with Crippen LogP contribution < -0.4 is 4.74 Å². The van der Waals surface area contributed by atoms with Crippen LogP contribution in [0, 0.1) is 5.82 Å². The van der Waals surface area contributed by atoms with Gasteiger partial charge in [-0.1, -0.05) is 23.7 Å². The van der Waals surface area contributed by atoms with Gasteiger partial charge in [-0.3, -0.25) is 4.98 Å². The van der Waals surface area contributed by atoms with E-state index in [2.05, 4.69) is 4.98 Å². The first-order valence-electron chi connectivity index (χ1n) is 7.06. The summed E-state index contributed by atoms with van der Waals surface area (Å²) in [4.78, 5) is 16.0. The summed E-state index contributed by atoms with van der Waals surface area (Å²) in [6.07, 6.45) is 1.12. The summed E-state index contributed by atoms with van der Waals surface area (Å²) in [7, 11) is 2.80. The van der Waals surface area contributed by atoms with Crippen LogP contribution in [0.4, 0.5) is 4.39 Å². The molecule has 6 heteroatoms. The lowest BCUT2D eigenvalue weighted by Crippen LogP contribution is -2.02. The second-order valence-electron chi connectivity index (χ2n) is 5.02. The van der Waals surface area contributed by atoms with Gasteiger partial charge in [0.1, 0.15) is 11.6 Å². The van der Waals surface area contributed by atoms with Crippen molar-refractivity contribution in [2.45, 2.75) is 0 Å². The van der Waals surface area contributed by atoms with E-state index < -0.39 is 11.8 Å². The smallest absolute Gasteiger partial charge is 0.337 e. The van der Waals surface area contributed by atoms with Crippen LogP contribution in [0.25, 0.3) is 22.0 Å². The van der Waals surface area contributed by atoms with Gasteiger partial charge < -0.3 is 9.47 Å². The maximum Gasteiger partial charge on any atom is 0.337 e. The summed E-state index contributed by atoms with van der Waals surface area (Å²) in [5.41, 5.74) is 1.26. The van der Waals surface area contributed by atoms with E-state index in [1.54, 1.807) is 18.2 Å². The number of hydrogen-bond acceptors (Lipinski definition) is 4. The Balaban J connectivity index is 2.37. The topological polar surface area (TPSA) is 48.4 Å². The number of esters is 1. The van der Waals surface area contributed by atoms with E-state index in [9.17, 15) is 9.18 Å². The van der Waals surface area contributed by atoms with Gasteiger partial charge in [-0.15, -0.1) is 0 Å². The predicted molar refractivity (Wildman–Crippen MR) is 90.0 cm³/mol. The van der Waals surface area contributed by atoms with Gasteiger partial charge in [-0.2, -0.15) is 0 Å². The number of nitrogens with zero attached hydrogens (tertiary/aromatic N) is 1. The summed E-state index contributed by atoms with van der Waals surface area (Å²) >= 11 is 6.31. The third-order valence-corrected chi connectivity index (χ3v) is 4.01. The molecule has 122 valence electrons. The molecule has 0 aliphatic rings. The summed E-state index contributed by atoms with van der Waals surface area (Å²) < 4.78 is 24.2. The number of fused-ring (bicyclic) bond motifs is 1. The maximum atomic E-state index is 14.1. The fourth-order valence-corrected chi connectivity index (χ4v) is 2.81. The van der Waals surface area contributed by atoms with Gasteiger partial charge in [-0.05, 0) is 24.3 Å². The summed E-state index contributed by atoms with van der Waals surface area (Å²) in [5.74, 6) is -0.499. The Morgan fingerprint density at radius 2 is 1.96 bits per heavy atom. The summed E-state index contributed by atoms with van der Waals surface area (Å²) in [6, 6.07) is 9.74. The number of methoxy groups -OCH3 is 2. The molecule has 0 radical (unpaired) electrons. The zero-order valence-electron chi connectivity index (χ0n) is 13.0. The number of pyridine rings is 1. The molecule has 3 aromatic rings. The lowest BCUT2D eigenvalue weighted by molar-refractivity contribution is 0.0601. The number of rotatable bonds is 3. The Bertz CT molecular complexity index is 943. The van der Waals surface area contributed by atoms with Crippen LogP contribution >= 0.6 is 11.6 Å². The number of aromatic nitrogens is 1. The molecule has 0 amide bonds. The van der Waals surface area contributed by atoms with E-state index in [1.165, 1.54) is 32.4 Å². The quantitative estimate of drug-likeness (QED) is 0.656. The molecule has 24 heavy (non-hydrogen) atoms. The van der Waals surface area contributed by atoms with E-state index in [4.69, 9.17) is 21.1 Å². The largest absolute Gasteiger partial charge is 0.496 e. The van der Waals surface area contributed by atoms with Crippen molar-refractivity contribution in [1.29, 1.82) is 0 Å². The second-order valence-corrected chi connectivity index (χ2v) is 5.43. The molecule has 0 aliphatic heterocycles. The standard InChI is InChI=1S/C18H13ClFNO3/c1-23-15-5-3-4-13(19)16(15)17-12-8-10(18(22)24-2)6-7-11(12)14(20)9-21-17/h3-9H,1-2H3. The molecular formula is C18H13ClFNO3. The number of hydrogen-bond donors (Lipinski definition) is 0. The van der Waals surface area contributed by atoms with Gasteiger partial charge >= 0.3 is 5.97 Å². The maximum absolute atomic E-state index is 14.1. The molecule has 0 bridgehead atoms. The minimum atomic E-state index is -0.516. The molecular weight excluding hydrogens is 333 g/mol. The Morgan fingerprint density at radius 3 is 2.67 bits per heavy atom. The Kier molecular flexibility index (Phi) is 4.36. The number of benzene rings is 2. The highest BCUT2D eigenvalue weighted by Gasteiger charge is 2.18. The van der Waals surface area contributed by atoms with Crippen molar-refractivity contribution in [2.24, 2.45) is 0 Å². The van der Waals surface area contributed by atoms with E-state index in [-0.39, 0.29) is 0 Å². The molecule has 4 nitrogen and oxygen atoms in total. The van der Waals surface area contributed by atoms with E-state index in [1.807, 2.05) is 0 Å². The van der Waals surface area contributed by atoms with Crippen molar-refractivity contribution in [3.05, 3.63) is 59.0 Å². The van der Waals surface area contributed by atoms with Crippen LogP contribution in [0.5, 0.6) is 5.75 Å². The van der Waals surface area contributed by atoms with Crippen LogP contribution in [-0.4, -0.2) is 25.2 Å². The highest BCUT2D eigenvalue weighted by atomic mass is 35.5. The van der Waals surface area contributed by atoms with Gasteiger partial charge in [0.15, 0.2) is 0 Å². The lowest BCUT2D eigenvalue weighted by atomic mass is 10.0. The third kappa shape index (κ3) is 2.67. The van der Waals surface area contributed by atoms with Gasteiger partial charge in [0, 0.05) is 10.8 Å². The van der Waals surface area contributed by atoms with E-state index in [0.29, 0.717) is 38.4 Å². The number of ether oxygens (including phenoxy) is 2. The first kappa shape index (κ1) is 16.2. The molecule has 0 saturated heterocycles. The minimum Gasteiger partial charge on any atom is -0.496 e. The zero-order chi connectivity index (χ0) is 17.3. The molecule has 0 atom stereocenters.